The Bertz CT molecular complexity index is 993. The Hall–Kier alpha value is -2.66. The molecule has 29 heavy (non-hydrogen) atoms. The Morgan fingerprint density at radius 1 is 1.17 bits per heavy atom. The zero-order valence-electron chi connectivity index (χ0n) is 15.6. The van der Waals surface area contributed by atoms with Gasteiger partial charge in [-0.25, -0.2) is 13.2 Å². The lowest BCUT2D eigenvalue weighted by Gasteiger charge is -2.35. The van der Waals surface area contributed by atoms with Crippen LogP contribution in [0.2, 0.25) is 0 Å². The molecular formula is C18H20N2O7S2. The fourth-order valence-electron chi connectivity index (χ4n) is 3.14. The van der Waals surface area contributed by atoms with Gasteiger partial charge in [0.15, 0.2) is 20.6 Å². The van der Waals surface area contributed by atoms with E-state index in [0.29, 0.717) is 18.6 Å². The number of anilines is 1. The molecule has 1 heterocycles. The van der Waals surface area contributed by atoms with Crippen molar-refractivity contribution in [2.75, 3.05) is 11.6 Å². The molecule has 2 N–H and O–H groups in total. The normalized spacial score (nSPS) is 16.0. The van der Waals surface area contributed by atoms with Crippen LogP contribution in [-0.4, -0.2) is 42.4 Å². The van der Waals surface area contributed by atoms with Gasteiger partial charge in [0.2, 0.25) is 5.88 Å². The summed E-state index contributed by atoms with van der Waals surface area (Å²) in [5.74, 6) is -0.114. The predicted octanol–water partition coefficient (Wildman–Crippen LogP) is 3.32. The summed E-state index contributed by atoms with van der Waals surface area (Å²) >= 11 is 1.04. The molecule has 0 radical (unpaired) electrons. The third-order valence-electron chi connectivity index (χ3n) is 4.54. The molecule has 1 aromatic carbocycles. The Morgan fingerprint density at radius 2 is 1.83 bits per heavy atom. The van der Waals surface area contributed by atoms with Crippen LogP contribution < -0.4 is 14.8 Å². The number of ether oxygens (including phenoxy) is 2. The van der Waals surface area contributed by atoms with E-state index in [-0.39, 0.29) is 21.8 Å². The monoisotopic (exact) mass is 440 g/mol. The lowest BCUT2D eigenvalue weighted by Crippen LogP contribution is -2.49. The first kappa shape index (κ1) is 21.1. The van der Waals surface area contributed by atoms with Gasteiger partial charge in [-0.05, 0) is 49.9 Å². The third kappa shape index (κ3) is 5.24. The Morgan fingerprint density at radius 3 is 2.41 bits per heavy atom. The maximum atomic E-state index is 13.0. The molecule has 1 fully saturated rings. The molecule has 156 valence electrons. The van der Waals surface area contributed by atoms with Gasteiger partial charge in [0.05, 0.1) is 10.3 Å². The molecule has 0 saturated heterocycles. The van der Waals surface area contributed by atoms with Crippen LogP contribution in [0.1, 0.15) is 32.1 Å². The highest BCUT2D eigenvalue weighted by Gasteiger charge is 2.42. The van der Waals surface area contributed by atoms with Crippen LogP contribution in [0.25, 0.3) is 0 Å². The van der Waals surface area contributed by atoms with E-state index in [9.17, 15) is 18.0 Å². The van der Waals surface area contributed by atoms with Crippen LogP contribution >= 0.6 is 11.3 Å². The van der Waals surface area contributed by atoms with Crippen LogP contribution in [0.5, 0.6) is 11.6 Å². The van der Waals surface area contributed by atoms with Crippen molar-refractivity contribution in [1.29, 1.82) is 0 Å². The van der Waals surface area contributed by atoms with Gasteiger partial charge >= 0.3 is 6.16 Å². The number of hydrogen-bond acceptors (Lipinski definition) is 8. The molecule has 1 aliphatic rings. The van der Waals surface area contributed by atoms with E-state index in [1.54, 1.807) is 0 Å². The minimum atomic E-state index is -3.33. The number of carboxylic acid groups (broad SMARTS) is 1. The van der Waals surface area contributed by atoms with Crippen LogP contribution in [-0.2, 0) is 14.6 Å². The highest BCUT2D eigenvalue weighted by atomic mass is 32.2. The van der Waals surface area contributed by atoms with Crippen LogP contribution in [0.3, 0.4) is 0 Å². The topological polar surface area (TPSA) is 132 Å². The smallest absolute Gasteiger partial charge is 0.477 e. The van der Waals surface area contributed by atoms with Gasteiger partial charge in [0.25, 0.3) is 5.91 Å². The second kappa shape index (κ2) is 8.37. The maximum Gasteiger partial charge on any atom is 0.512 e. The first-order valence-electron chi connectivity index (χ1n) is 8.85. The molecule has 0 atom stereocenters. The zero-order valence-corrected chi connectivity index (χ0v) is 17.2. The van der Waals surface area contributed by atoms with Gasteiger partial charge in [-0.3, -0.25) is 10.1 Å². The van der Waals surface area contributed by atoms with Crippen LogP contribution in [0, 0.1) is 0 Å². The van der Waals surface area contributed by atoms with Gasteiger partial charge in [-0.15, -0.1) is 11.3 Å². The molecule has 9 nitrogen and oxygen atoms in total. The molecule has 11 heteroatoms. The Labute approximate surface area is 171 Å². The van der Waals surface area contributed by atoms with Crippen molar-refractivity contribution >= 4 is 38.4 Å². The van der Waals surface area contributed by atoms with Gasteiger partial charge in [-0.2, -0.15) is 4.98 Å². The van der Waals surface area contributed by atoms with Crippen molar-refractivity contribution in [1.82, 2.24) is 4.98 Å². The van der Waals surface area contributed by atoms with Crippen molar-refractivity contribution in [2.45, 2.75) is 42.6 Å². The number of rotatable bonds is 6. The molecule has 1 amide bonds. The number of benzene rings is 1. The number of hydrogen-bond donors (Lipinski definition) is 2. The van der Waals surface area contributed by atoms with E-state index in [1.807, 2.05) is 0 Å². The molecule has 2 aromatic rings. The molecule has 0 spiro atoms. The maximum absolute atomic E-state index is 13.0. The van der Waals surface area contributed by atoms with E-state index in [2.05, 4.69) is 15.0 Å². The fourth-order valence-corrected chi connectivity index (χ4v) is 4.38. The molecular weight excluding hydrogens is 420 g/mol. The van der Waals surface area contributed by atoms with Crippen molar-refractivity contribution in [3.8, 4) is 11.6 Å². The van der Waals surface area contributed by atoms with Crippen molar-refractivity contribution in [3.05, 3.63) is 29.6 Å². The number of sulfone groups is 1. The molecule has 0 aliphatic heterocycles. The van der Waals surface area contributed by atoms with E-state index in [0.717, 1.165) is 36.9 Å². The van der Waals surface area contributed by atoms with E-state index < -0.39 is 21.6 Å². The summed E-state index contributed by atoms with van der Waals surface area (Å²) in [6.07, 6.45) is 3.22. The molecule has 3 rings (SSSR count). The summed E-state index contributed by atoms with van der Waals surface area (Å²) in [5, 5.41) is 12.9. The number of nitrogens with one attached hydrogen (secondary N) is 1. The number of carbonyl (C=O) groups excluding carboxylic acids is 1. The number of amides is 1. The van der Waals surface area contributed by atoms with Crippen LogP contribution in [0.4, 0.5) is 9.93 Å². The largest absolute Gasteiger partial charge is 0.512 e. The summed E-state index contributed by atoms with van der Waals surface area (Å²) in [7, 11) is -3.33. The van der Waals surface area contributed by atoms with E-state index >= 15 is 0 Å². The Balaban J connectivity index is 1.78. The van der Waals surface area contributed by atoms with Gasteiger partial charge in [0.1, 0.15) is 5.75 Å². The SMILES string of the molecule is CS(=O)(=O)c1ccc(OC2(C(=O)Nc3nc(OC(=O)O)cs3)CCCCC2)cc1. The lowest BCUT2D eigenvalue weighted by molar-refractivity contribution is -0.134. The Kier molecular flexibility index (Phi) is 6.08. The summed E-state index contributed by atoms with van der Waals surface area (Å²) in [6.45, 7) is 0. The second-order valence-electron chi connectivity index (χ2n) is 6.71. The summed E-state index contributed by atoms with van der Waals surface area (Å²) < 4.78 is 33.8. The molecule has 0 bridgehead atoms. The van der Waals surface area contributed by atoms with Gasteiger partial charge < -0.3 is 14.6 Å². The van der Waals surface area contributed by atoms with Gasteiger partial charge in [0, 0.05) is 6.26 Å². The average Bonchev–Trinajstić information content (AvgIpc) is 3.08. The highest BCUT2D eigenvalue weighted by Crippen LogP contribution is 2.35. The molecule has 1 aliphatic carbocycles. The number of aromatic nitrogens is 1. The highest BCUT2D eigenvalue weighted by molar-refractivity contribution is 7.90. The quantitative estimate of drug-likeness (QED) is 0.654. The standard InChI is InChI=1S/C18H20N2O7S2/c1-29(24,25)13-7-5-12(6-8-13)27-18(9-3-2-4-10-18)15(21)20-16-19-14(11-28-16)26-17(22)23/h5-8,11H,2-4,9-10H2,1H3,(H,22,23)(H,19,20,21). The number of carbonyl (C=O) groups is 2. The minimum absolute atomic E-state index is 0.118. The zero-order chi connectivity index (χ0) is 21.1. The van der Waals surface area contributed by atoms with Crippen molar-refractivity contribution in [2.24, 2.45) is 0 Å². The van der Waals surface area contributed by atoms with E-state index in [1.165, 1.54) is 29.6 Å². The fraction of sp³-hybridized carbons (Fsp3) is 0.389. The second-order valence-corrected chi connectivity index (χ2v) is 9.59. The van der Waals surface area contributed by atoms with Crippen molar-refractivity contribution in [3.63, 3.8) is 0 Å². The van der Waals surface area contributed by atoms with E-state index in [4.69, 9.17) is 9.84 Å². The summed E-state index contributed by atoms with van der Waals surface area (Å²) in [6, 6.07) is 5.94. The van der Waals surface area contributed by atoms with Gasteiger partial charge in [-0.1, -0.05) is 6.42 Å². The van der Waals surface area contributed by atoms with Crippen molar-refractivity contribution < 1.29 is 32.6 Å². The number of thiazole rings is 1. The number of nitrogens with zero attached hydrogens (tertiary/aromatic N) is 1. The average molecular weight is 440 g/mol. The first-order valence-corrected chi connectivity index (χ1v) is 11.6. The lowest BCUT2D eigenvalue weighted by atomic mass is 9.83. The summed E-state index contributed by atoms with van der Waals surface area (Å²) in [5.41, 5.74) is -1.12. The minimum Gasteiger partial charge on any atom is -0.477 e. The third-order valence-corrected chi connectivity index (χ3v) is 6.40. The molecule has 0 unspecified atom stereocenters. The molecule has 1 saturated carbocycles. The predicted molar refractivity (Wildman–Crippen MR) is 105 cm³/mol. The summed E-state index contributed by atoms with van der Waals surface area (Å²) in [4.78, 5) is 27.7. The van der Waals surface area contributed by atoms with Crippen LogP contribution in [0.15, 0.2) is 34.5 Å². The first-order chi connectivity index (χ1) is 13.7. The molecule has 1 aromatic heterocycles.